The number of benzene rings is 1. The van der Waals surface area contributed by atoms with Crippen molar-refractivity contribution in [3.8, 4) is 11.5 Å². The zero-order valence-corrected chi connectivity index (χ0v) is 21.5. The van der Waals surface area contributed by atoms with Gasteiger partial charge in [-0.25, -0.2) is 4.79 Å². The summed E-state index contributed by atoms with van der Waals surface area (Å²) in [7, 11) is 2.64. The van der Waals surface area contributed by atoms with Crippen LogP contribution in [0.25, 0.3) is 0 Å². The van der Waals surface area contributed by atoms with Gasteiger partial charge in [0.05, 0.1) is 26.1 Å². The number of carbonyl (C=O) groups excluding carboxylic acids is 2. The van der Waals surface area contributed by atoms with E-state index >= 15 is 0 Å². The first-order valence-corrected chi connectivity index (χ1v) is 11.5. The fraction of sp³-hybridized carbons (Fsp3) is 0.542. The van der Waals surface area contributed by atoms with Crippen molar-refractivity contribution in [1.29, 1.82) is 0 Å². The highest BCUT2D eigenvalue weighted by Gasteiger charge is 2.43. The molecule has 1 aromatic rings. The monoisotopic (exact) mass is 530 g/mol. The number of hydrogen-bond donors (Lipinski definition) is 1. The van der Waals surface area contributed by atoms with Gasteiger partial charge in [-0.2, -0.15) is 13.2 Å². The van der Waals surface area contributed by atoms with Gasteiger partial charge < -0.3 is 24.3 Å². The number of carbonyl (C=O) groups is 2. The van der Waals surface area contributed by atoms with E-state index < -0.39 is 24.2 Å². The summed E-state index contributed by atoms with van der Waals surface area (Å²) < 4.78 is 56.0. The van der Waals surface area contributed by atoms with Gasteiger partial charge in [0.25, 0.3) is 0 Å². The number of oxime groups is 1. The summed E-state index contributed by atoms with van der Waals surface area (Å²) in [6.45, 7) is 7.41. The fourth-order valence-corrected chi connectivity index (χ4v) is 3.57. The predicted octanol–water partition coefficient (Wildman–Crippen LogP) is 3.52. The Morgan fingerprint density at radius 3 is 2.16 bits per heavy atom. The highest BCUT2D eigenvalue weighted by atomic mass is 19.4. The highest BCUT2D eigenvalue weighted by molar-refractivity contribution is 6.02. The van der Waals surface area contributed by atoms with Crippen LogP contribution in [0.15, 0.2) is 29.4 Å². The van der Waals surface area contributed by atoms with Gasteiger partial charge in [-0.05, 0) is 26.8 Å². The molecule has 10 nitrogen and oxygen atoms in total. The molecule has 1 fully saturated rings. The number of nitrogens with zero attached hydrogens (tertiary/aromatic N) is 4. The maximum atomic E-state index is 13.4. The van der Waals surface area contributed by atoms with E-state index in [-0.39, 0.29) is 28.8 Å². The van der Waals surface area contributed by atoms with E-state index in [4.69, 9.17) is 19.4 Å². The molecule has 1 N–H and O–H groups in total. The first-order valence-electron chi connectivity index (χ1n) is 11.5. The Bertz CT molecular complexity index is 999. The Balaban J connectivity index is 2.14. The molecule has 2 rings (SSSR count). The van der Waals surface area contributed by atoms with Crippen LogP contribution in [0.3, 0.4) is 0 Å². The molecule has 1 heterocycles. The number of alkyl halides is 3. The van der Waals surface area contributed by atoms with E-state index in [1.165, 1.54) is 32.4 Å². The van der Waals surface area contributed by atoms with Crippen LogP contribution in [0.1, 0.15) is 26.3 Å². The van der Waals surface area contributed by atoms with Crippen LogP contribution < -0.4 is 14.4 Å². The van der Waals surface area contributed by atoms with Gasteiger partial charge in [-0.3, -0.25) is 14.6 Å². The molecule has 2 amide bonds. The van der Waals surface area contributed by atoms with Crippen molar-refractivity contribution < 1.29 is 42.2 Å². The van der Waals surface area contributed by atoms with Crippen molar-refractivity contribution in [1.82, 2.24) is 9.80 Å². The van der Waals surface area contributed by atoms with Gasteiger partial charge in [-0.15, -0.1) is 0 Å². The number of rotatable bonds is 8. The van der Waals surface area contributed by atoms with Crippen LogP contribution in [0, 0.1) is 0 Å². The SMILES string of the molecule is COc1cc(/C=N/O)c(N(C/C=C/CN2CCN(C(=O)OC(C)(C)C)CC2)C(=O)C(F)(F)F)cc1OC. The Hall–Kier alpha value is -3.48. The molecular weight excluding hydrogens is 497 g/mol. The Morgan fingerprint density at radius 1 is 1.05 bits per heavy atom. The summed E-state index contributed by atoms with van der Waals surface area (Å²) in [6, 6.07) is 2.52. The molecule has 1 aliphatic heterocycles. The first-order chi connectivity index (χ1) is 17.3. The Labute approximate surface area is 213 Å². The third-order valence-electron chi connectivity index (χ3n) is 5.35. The van der Waals surface area contributed by atoms with Crippen LogP contribution >= 0.6 is 0 Å². The number of amides is 2. The molecule has 0 atom stereocenters. The summed E-state index contributed by atoms with van der Waals surface area (Å²) in [5.41, 5.74) is -0.745. The van der Waals surface area contributed by atoms with Crippen LogP contribution in [0.2, 0.25) is 0 Å². The quantitative estimate of drug-likeness (QED) is 0.237. The maximum absolute atomic E-state index is 13.4. The minimum atomic E-state index is -5.15. The maximum Gasteiger partial charge on any atom is 0.471 e. The molecule has 1 saturated heterocycles. The number of halogens is 3. The van der Waals surface area contributed by atoms with E-state index in [1.54, 1.807) is 31.7 Å². The molecular formula is C24H33F3N4O6. The molecule has 0 unspecified atom stereocenters. The largest absolute Gasteiger partial charge is 0.493 e. The summed E-state index contributed by atoms with van der Waals surface area (Å²) in [5.74, 6) is -1.82. The van der Waals surface area contributed by atoms with Crippen molar-refractivity contribution in [2.45, 2.75) is 32.5 Å². The molecule has 37 heavy (non-hydrogen) atoms. The smallest absolute Gasteiger partial charge is 0.471 e. The zero-order chi connectivity index (χ0) is 27.8. The van der Waals surface area contributed by atoms with Crippen molar-refractivity contribution >= 4 is 23.9 Å². The average molecular weight is 531 g/mol. The van der Waals surface area contributed by atoms with Gasteiger partial charge in [-0.1, -0.05) is 17.3 Å². The van der Waals surface area contributed by atoms with Gasteiger partial charge in [0.1, 0.15) is 5.60 Å². The number of piperazine rings is 1. The second kappa shape index (κ2) is 12.7. The second-order valence-electron chi connectivity index (χ2n) is 9.16. The van der Waals surface area contributed by atoms with Crippen LogP contribution in [-0.4, -0.2) is 98.5 Å². The summed E-state index contributed by atoms with van der Waals surface area (Å²) in [5, 5.41) is 11.9. The molecule has 0 spiro atoms. The minimum Gasteiger partial charge on any atom is -0.493 e. The van der Waals surface area contributed by atoms with Crippen molar-refractivity contribution in [3.63, 3.8) is 0 Å². The van der Waals surface area contributed by atoms with Gasteiger partial charge >= 0.3 is 18.2 Å². The van der Waals surface area contributed by atoms with Crippen LogP contribution in [0.4, 0.5) is 23.7 Å². The lowest BCUT2D eigenvalue weighted by atomic mass is 10.1. The molecule has 1 aromatic carbocycles. The lowest BCUT2D eigenvalue weighted by Crippen LogP contribution is -2.49. The predicted molar refractivity (Wildman–Crippen MR) is 131 cm³/mol. The number of methoxy groups -OCH3 is 2. The first kappa shape index (κ1) is 29.7. The summed E-state index contributed by atoms with van der Waals surface area (Å²) in [4.78, 5) is 28.6. The molecule has 1 aliphatic rings. The van der Waals surface area contributed by atoms with E-state index in [2.05, 4.69) is 5.16 Å². The fourth-order valence-electron chi connectivity index (χ4n) is 3.57. The lowest BCUT2D eigenvalue weighted by Gasteiger charge is -2.35. The number of anilines is 1. The third kappa shape index (κ3) is 8.55. The summed E-state index contributed by atoms with van der Waals surface area (Å²) in [6.07, 6.45) is -1.53. The van der Waals surface area contributed by atoms with Crippen molar-refractivity contribution in [2.75, 3.05) is 58.4 Å². The topological polar surface area (TPSA) is 104 Å². The minimum absolute atomic E-state index is 0.0180. The number of hydrogen-bond acceptors (Lipinski definition) is 8. The third-order valence-corrected chi connectivity index (χ3v) is 5.35. The highest BCUT2D eigenvalue weighted by Crippen LogP contribution is 2.36. The molecule has 0 saturated carbocycles. The van der Waals surface area contributed by atoms with Gasteiger partial charge in [0, 0.05) is 50.9 Å². The van der Waals surface area contributed by atoms with Crippen LogP contribution in [-0.2, 0) is 9.53 Å². The average Bonchev–Trinajstić information content (AvgIpc) is 2.82. The lowest BCUT2D eigenvalue weighted by molar-refractivity contribution is -0.170. The molecule has 0 bridgehead atoms. The van der Waals surface area contributed by atoms with Gasteiger partial charge in [0.2, 0.25) is 0 Å². The van der Waals surface area contributed by atoms with Crippen LogP contribution in [0.5, 0.6) is 11.5 Å². The van der Waals surface area contributed by atoms with E-state index in [0.29, 0.717) is 37.6 Å². The molecule has 0 aromatic heterocycles. The van der Waals surface area contributed by atoms with E-state index in [1.807, 2.05) is 4.90 Å². The van der Waals surface area contributed by atoms with E-state index in [0.717, 1.165) is 6.21 Å². The van der Waals surface area contributed by atoms with Crippen molar-refractivity contribution in [2.24, 2.45) is 5.16 Å². The standard InChI is InChI=1S/C24H33F3N4O6/c1-23(2,3)37-22(33)30-12-10-29(11-13-30)8-6-7-9-31(21(32)24(25,26)27)18-15-20(36-5)19(35-4)14-17(18)16-28-34/h6-7,14-16,34H,8-13H2,1-5H3/b7-6+,28-16+. The number of ether oxygens (including phenoxy) is 3. The Kier molecular flexibility index (Phi) is 10.2. The molecule has 13 heteroatoms. The normalized spacial score (nSPS) is 15.3. The summed E-state index contributed by atoms with van der Waals surface area (Å²) >= 11 is 0. The van der Waals surface area contributed by atoms with E-state index in [9.17, 15) is 22.8 Å². The second-order valence-corrected chi connectivity index (χ2v) is 9.16. The molecule has 0 radical (unpaired) electrons. The van der Waals surface area contributed by atoms with Crippen molar-refractivity contribution in [3.05, 3.63) is 29.8 Å². The zero-order valence-electron chi connectivity index (χ0n) is 21.5. The van der Waals surface area contributed by atoms with Gasteiger partial charge in [0.15, 0.2) is 11.5 Å². The Morgan fingerprint density at radius 2 is 1.65 bits per heavy atom. The molecule has 206 valence electrons. The molecule has 0 aliphatic carbocycles.